The molecule has 0 spiro atoms. The van der Waals surface area contributed by atoms with E-state index in [4.69, 9.17) is 5.11 Å². The number of benzene rings is 1. The second kappa shape index (κ2) is 5.87. The van der Waals surface area contributed by atoms with Crippen LogP contribution in [0.2, 0.25) is 0 Å². The van der Waals surface area contributed by atoms with E-state index in [-0.39, 0.29) is 5.75 Å². The van der Waals surface area contributed by atoms with E-state index in [0.29, 0.717) is 5.16 Å². The summed E-state index contributed by atoms with van der Waals surface area (Å²) in [7, 11) is 0. The molecule has 21 heavy (non-hydrogen) atoms. The van der Waals surface area contributed by atoms with Crippen LogP contribution < -0.4 is 0 Å². The maximum atomic E-state index is 10.8. The van der Waals surface area contributed by atoms with Crippen molar-refractivity contribution in [2.75, 3.05) is 5.75 Å². The molecule has 1 N–H and O–H groups in total. The van der Waals surface area contributed by atoms with Crippen LogP contribution in [0.25, 0.3) is 16.7 Å². The van der Waals surface area contributed by atoms with Gasteiger partial charge in [-0.3, -0.25) is 14.3 Å². The average Bonchev–Trinajstić information content (AvgIpc) is 2.84. The molecule has 2 aromatic heterocycles. The van der Waals surface area contributed by atoms with Crippen LogP contribution in [0.1, 0.15) is 0 Å². The lowest BCUT2D eigenvalue weighted by atomic mass is 10.3. The first-order chi connectivity index (χ1) is 10.2. The van der Waals surface area contributed by atoms with Gasteiger partial charge in [-0.2, -0.15) is 0 Å². The lowest BCUT2D eigenvalue weighted by molar-refractivity contribution is -0.133. The Balaban J connectivity index is 2.20. The lowest BCUT2D eigenvalue weighted by Crippen LogP contribution is -2.02. The average molecular weight is 364 g/mol. The predicted octanol–water partition coefficient (Wildman–Crippen LogP) is 3.36. The Morgan fingerprint density at radius 2 is 2.14 bits per heavy atom. The Hall–Kier alpha value is -1.86. The minimum atomic E-state index is -0.871. The van der Waals surface area contributed by atoms with Crippen LogP contribution in [0.3, 0.4) is 0 Å². The highest BCUT2D eigenvalue weighted by Gasteiger charge is 2.15. The highest BCUT2D eigenvalue weighted by atomic mass is 79.9. The maximum Gasteiger partial charge on any atom is 0.313 e. The van der Waals surface area contributed by atoms with Crippen LogP contribution in [0.4, 0.5) is 0 Å². The lowest BCUT2D eigenvalue weighted by Gasteiger charge is -2.10. The van der Waals surface area contributed by atoms with Gasteiger partial charge >= 0.3 is 5.97 Å². The Kier molecular flexibility index (Phi) is 3.94. The number of aromatic nitrogens is 3. The molecule has 0 unspecified atom stereocenters. The van der Waals surface area contributed by atoms with Gasteiger partial charge in [0.25, 0.3) is 0 Å². The molecule has 1 aromatic carbocycles. The monoisotopic (exact) mass is 363 g/mol. The zero-order valence-corrected chi connectivity index (χ0v) is 13.1. The SMILES string of the molecule is O=C(O)CSc1nc2cnccc2n1-c1ccccc1Br. The zero-order chi connectivity index (χ0) is 14.8. The van der Waals surface area contributed by atoms with Gasteiger partial charge in [-0.25, -0.2) is 4.98 Å². The summed E-state index contributed by atoms with van der Waals surface area (Å²) in [5.74, 6) is -0.912. The zero-order valence-electron chi connectivity index (χ0n) is 10.7. The number of carboxylic acid groups (broad SMARTS) is 1. The molecule has 3 rings (SSSR count). The number of hydrogen-bond donors (Lipinski definition) is 1. The van der Waals surface area contributed by atoms with E-state index < -0.39 is 5.97 Å². The maximum absolute atomic E-state index is 10.8. The van der Waals surface area contributed by atoms with E-state index in [1.54, 1.807) is 12.4 Å². The molecular weight excluding hydrogens is 354 g/mol. The third-order valence-electron chi connectivity index (χ3n) is 2.84. The van der Waals surface area contributed by atoms with Gasteiger partial charge in [-0.1, -0.05) is 23.9 Å². The number of hydrogen-bond acceptors (Lipinski definition) is 4. The van der Waals surface area contributed by atoms with Crippen molar-refractivity contribution in [1.82, 2.24) is 14.5 Å². The summed E-state index contributed by atoms with van der Waals surface area (Å²) in [6.45, 7) is 0. The summed E-state index contributed by atoms with van der Waals surface area (Å²) in [4.78, 5) is 19.4. The number of halogens is 1. The van der Waals surface area contributed by atoms with Gasteiger partial charge in [-0.15, -0.1) is 0 Å². The van der Waals surface area contributed by atoms with Crippen molar-refractivity contribution in [2.45, 2.75) is 5.16 Å². The van der Waals surface area contributed by atoms with E-state index in [9.17, 15) is 4.79 Å². The summed E-state index contributed by atoms with van der Waals surface area (Å²) in [6.07, 6.45) is 3.37. The van der Waals surface area contributed by atoms with Crippen LogP contribution in [0, 0.1) is 0 Å². The van der Waals surface area contributed by atoms with Crippen molar-refractivity contribution in [3.05, 3.63) is 47.2 Å². The molecule has 0 saturated carbocycles. The second-order valence-corrected chi connectivity index (χ2v) is 6.02. The molecule has 3 aromatic rings. The first-order valence-corrected chi connectivity index (χ1v) is 7.86. The summed E-state index contributed by atoms with van der Waals surface area (Å²) < 4.78 is 2.85. The molecule has 0 aliphatic heterocycles. The molecule has 0 radical (unpaired) electrons. The number of rotatable bonds is 4. The molecule has 5 nitrogen and oxygen atoms in total. The molecule has 0 aliphatic rings. The van der Waals surface area contributed by atoms with E-state index in [1.165, 1.54) is 11.8 Å². The summed E-state index contributed by atoms with van der Waals surface area (Å²) >= 11 is 4.72. The number of fused-ring (bicyclic) bond motifs is 1. The van der Waals surface area contributed by atoms with Crippen LogP contribution in [-0.4, -0.2) is 31.4 Å². The van der Waals surface area contributed by atoms with Crippen molar-refractivity contribution in [3.63, 3.8) is 0 Å². The highest BCUT2D eigenvalue weighted by Crippen LogP contribution is 2.31. The number of carboxylic acids is 1. The normalized spacial score (nSPS) is 10.9. The quantitative estimate of drug-likeness (QED) is 0.719. The van der Waals surface area contributed by atoms with Gasteiger partial charge in [0.05, 0.1) is 23.2 Å². The van der Waals surface area contributed by atoms with E-state index >= 15 is 0 Å². The number of aliphatic carboxylic acids is 1. The number of thioether (sulfide) groups is 1. The van der Waals surface area contributed by atoms with Crippen molar-refractivity contribution < 1.29 is 9.90 Å². The molecule has 0 bridgehead atoms. The van der Waals surface area contributed by atoms with E-state index in [0.717, 1.165) is 21.2 Å². The third kappa shape index (κ3) is 2.79. The van der Waals surface area contributed by atoms with Gasteiger partial charge in [0, 0.05) is 10.7 Å². The minimum Gasteiger partial charge on any atom is -0.481 e. The highest BCUT2D eigenvalue weighted by molar-refractivity contribution is 9.10. The third-order valence-corrected chi connectivity index (χ3v) is 4.44. The molecule has 106 valence electrons. The molecule has 0 saturated heterocycles. The molecule has 0 aliphatic carbocycles. The topological polar surface area (TPSA) is 68.0 Å². The van der Waals surface area contributed by atoms with Crippen molar-refractivity contribution in [2.24, 2.45) is 0 Å². The van der Waals surface area contributed by atoms with Crippen LogP contribution in [-0.2, 0) is 4.79 Å². The molecule has 7 heteroatoms. The Labute approximate surface area is 133 Å². The van der Waals surface area contributed by atoms with E-state index in [1.807, 2.05) is 34.9 Å². The van der Waals surface area contributed by atoms with Gasteiger partial charge < -0.3 is 5.11 Å². The molecule has 2 heterocycles. The molecule has 0 atom stereocenters. The first-order valence-electron chi connectivity index (χ1n) is 6.09. The molecular formula is C14H10BrN3O2S. The fourth-order valence-electron chi connectivity index (χ4n) is 2.00. The van der Waals surface area contributed by atoms with Gasteiger partial charge in [0.1, 0.15) is 5.52 Å². The Morgan fingerprint density at radius 3 is 2.90 bits per heavy atom. The predicted molar refractivity (Wildman–Crippen MR) is 84.9 cm³/mol. The number of imidazole rings is 1. The fourth-order valence-corrected chi connectivity index (χ4v) is 3.20. The van der Waals surface area contributed by atoms with Gasteiger partial charge in [0.15, 0.2) is 5.16 Å². The Morgan fingerprint density at radius 1 is 1.33 bits per heavy atom. The van der Waals surface area contributed by atoms with E-state index in [2.05, 4.69) is 25.9 Å². The number of carbonyl (C=O) groups is 1. The number of nitrogens with zero attached hydrogens (tertiary/aromatic N) is 3. The van der Waals surface area contributed by atoms with Crippen LogP contribution in [0.15, 0.2) is 52.4 Å². The smallest absolute Gasteiger partial charge is 0.313 e. The molecule has 0 fully saturated rings. The summed E-state index contributed by atoms with van der Waals surface area (Å²) in [6, 6.07) is 9.62. The Bertz CT molecular complexity index is 819. The molecule has 0 amide bonds. The second-order valence-electron chi connectivity index (χ2n) is 4.23. The van der Waals surface area contributed by atoms with Crippen molar-refractivity contribution in [1.29, 1.82) is 0 Å². The van der Waals surface area contributed by atoms with Crippen molar-refractivity contribution >= 4 is 44.7 Å². The first kappa shape index (κ1) is 14.1. The standard InChI is InChI=1S/C14H10BrN3O2S/c15-9-3-1-2-4-11(9)18-12-5-6-16-7-10(12)17-14(18)21-8-13(19)20/h1-7H,8H2,(H,19,20). The van der Waals surface area contributed by atoms with Gasteiger partial charge in [0.2, 0.25) is 0 Å². The van der Waals surface area contributed by atoms with Gasteiger partial charge in [-0.05, 0) is 34.1 Å². The number of pyridine rings is 1. The minimum absolute atomic E-state index is 0.0405. The van der Waals surface area contributed by atoms with Crippen LogP contribution in [0.5, 0.6) is 0 Å². The summed E-state index contributed by atoms with van der Waals surface area (Å²) in [5, 5.41) is 9.52. The van der Waals surface area contributed by atoms with Crippen molar-refractivity contribution in [3.8, 4) is 5.69 Å². The van der Waals surface area contributed by atoms with Crippen LogP contribution >= 0.6 is 27.7 Å². The fraction of sp³-hybridized carbons (Fsp3) is 0.0714. The number of para-hydroxylation sites is 1. The summed E-state index contributed by atoms with van der Waals surface area (Å²) in [5.41, 5.74) is 2.55. The largest absolute Gasteiger partial charge is 0.481 e.